The highest BCUT2D eigenvalue weighted by Gasteiger charge is 2.27. The van der Waals surface area contributed by atoms with Crippen molar-refractivity contribution in [3.63, 3.8) is 0 Å². The molecule has 3 heteroatoms. The summed E-state index contributed by atoms with van der Waals surface area (Å²) < 4.78 is 0. The van der Waals surface area contributed by atoms with Crippen LogP contribution < -0.4 is 5.73 Å². The van der Waals surface area contributed by atoms with Gasteiger partial charge in [0.2, 0.25) is 0 Å². The molecule has 0 bridgehead atoms. The van der Waals surface area contributed by atoms with E-state index >= 15 is 0 Å². The number of amides is 1. The molecular weight excluding hydrogens is 284 g/mol. The van der Waals surface area contributed by atoms with Gasteiger partial charge in [0.15, 0.2) is 0 Å². The third-order valence-electron chi connectivity index (χ3n) is 4.26. The molecule has 0 unspecified atom stereocenters. The zero-order chi connectivity index (χ0) is 15.8. The third-order valence-corrected chi connectivity index (χ3v) is 4.26. The van der Waals surface area contributed by atoms with Crippen molar-refractivity contribution in [1.29, 1.82) is 0 Å². The van der Waals surface area contributed by atoms with Crippen molar-refractivity contribution in [2.45, 2.75) is 0 Å². The highest BCUT2D eigenvalue weighted by atomic mass is 16.1. The zero-order valence-electron chi connectivity index (χ0n) is 12.6. The number of hydrogen-bond acceptors (Lipinski definition) is 2. The van der Waals surface area contributed by atoms with Crippen molar-refractivity contribution in [2.24, 2.45) is 5.73 Å². The minimum Gasteiger partial charge on any atom is -0.366 e. The van der Waals surface area contributed by atoms with Crippen LogP contribution >= 0.6 is 0 Å². The Morgan fingerprint density at radius 1 is 1.00 bits per heavy atom. The molecule has 0 spiro atoms. The zero-order valence-corrected chi connectivity index (χ0v) is 12.6. The molecule has 2 heterocycles. The van der Waals surface area contributed by atoms with Gasteiger partial charge >= 0.3 is 0 Å². The van der Waals surface area contributed by atoms with Crippen molar-refractivity contribution in [2.75, 3.05) is 6.54 Å². The van der Waals surface area contributed by atoms with Gasteiger partial charge in [-0.15, -0.1) is 0 Å². The molecular formula is C20H16N2O. The predicted octanol–water partition coefficient (Wildman–Crippen LogP) is 3.27. The molecule has 3 nitrogen and oxygen atoms in total. The van der Waals surface area contributed by atoms with Gasteiger partial charge in [-0.2, -0.15) is 0 Å². The van der Waals surface area contributed by atoms with Crippen LogP contribution in [0.25, 0.3) is 17.3 Å². The molecule has 4 rings (SSSR count). The van der Waals surface area contributed by atoms with E-state index in [0.29, 0.717) is 5.57 Å². The molecule has 1 amide bonds. The minimum absolute atomic E-state index is 0.400. The number of nitrogens with zero attached hydrogens (tertiary/aromatic N) is 1. The number of primary amides is 1. The van der Waals surface area contributed by atoms with Gasteiger partial charge in [-0.1, -0.05) is 54.6 Å². The molecule has 23 heavy (non-hydrogen) atoms. The maximum atomic E-state index is 12.1. The third kappa shape index (κ3) is 2.27. The van der Waals surface area contributed by atoms with Gasteiger partial charge in [0, 0.05) is 18.3 Å². The highest BCUT2D eigenvalue weighted by Crippen LogP contribution is 2.37. The van der Waals surface area contributed by atoms with E-state index in [4.69, 9.17) is 5.73 Å². The van der Waals surface area contributed by atoms with Crippen molar-refractivity contribution >= 4 is 23.3 Å². The molecule has 112 valence electrons. The topological polar surface area (TPSA) is 46.3 Å². The molecule has 0 atom stereocenters. The number of hydrogen-bond donors (Lipinski definition) is 1. The molecule has 0 saturated carbocycles. The number of carbonyl (C=O) groups excluding carboxylic acids is 1. The second-order valence-corrected chi connectivity index (χ2v) is 5.69. The van der Waals surface area contributed by atoms with Crippen molar-refractivity contribution in [1.82, 2.24) is 4.90 Å². The molecule has 0 radical (unpaired) electrons. The average molecular weight is 300 g/mol. The largest absolute Gasteiger partial charge is 0.366 e. The van der Waals surface area contributed by atoms with Gasteiger partial charge in [-0.3, -0.25) is 4.79 Å². The second kappa shape index (κ2) is 5.29. The first-order chi connectivity index (χ1) is 11.2. The molecule has 0 fully saturated rings. The summed E-state index contributed by atoms with van der Waals surface area (Å²) in [5.74, 6) is -0.400. The molecule has 0 aromatic heterocycles. The summed E-state index contributed by atoms with van der Waals surface area (Å²) in [6.07, 6.45) is 6.03. The molecule has 2 aromatic rings. The van der Waals surface area contributed by atoms with E-state index in [1.165, 1.54) is 0 Å². The number of carbonyl (C=O) groups is 1. The molecule has 2 N–H and O–H groups in total. The van der Waals surface area contributed by atoms with Crippen LogP contribution in [0.5, 0.6) is 0 Å². The fraction of sp³-hybridized carbons (Fsp3) is 0.0500. The molecule has 2 aliphatic rings. The Kier molecular flexibility index (Phi) is 3.12. The SMILES string of the molecule is NC(=O)C1=C2c3ccccc3C=CN2CC(c2ccccc2)=C1. The van der Waals surface area contributed by atoms with E-state index < -0.39 is 5.91 Å². The lowest BCUT2D eigenvalue weighted by molar-refractivity contribution is -0.114. The number of nitrogens with two attached hydrogens (primary N) is 1. The first-order valence-electron chi connectivity index (χ1n) is 7.58. The lowest BCUT2D eigenvalue weighted by Gasteiger charge is -2.34. The van der Waals surface area contributed by atoms with E-state index in [0.717, 1.165) is 34.5 Å². The summed E-state index contributed by atoms with van der Waals surface area (Å²) in [6.45, 7) is 0.723. The van der Waals surface area contributed by atoms with Gasteiger partial charge in [-0.25, -0.2) is 0 Å². The highest BCUT2D eigenvalue weighted by molar-refractivity contribution is 6.06. The summed E-state index contributed by atoms with van der Waals surface area (Å²) in [5.41, 5.74) is 11.5. The summed E-state index contributed by atoms with van der Waals surface area (Å²) in [5, 5.41) is 0. The lowest BCUT2D eigenvalue weighted by Crippen LogP contribution is -2.29. The van der Waals surface area contributed by atoms with E-state index in [9.17, 15) is 4.79 Å². The Labute approximate surface area is 135 Å². The Morgan fingerprint density at radius 2 is 1.74 bits per heavy atom. The number of fused-ring (bicyclic) bond motifs is 3. The van der Waals surface area contributed by atoms with Gasteiger partial charge in [0.05, 0.1) is 11.3 Å². The van der Waals surface area contributed by atoms with E-state index in [1.54, 1.807) is 0 Å². The van der Waals surface area contributed by atoms with E-state index in [2.05, 4.69) is 23.1 Å². The summed E-state index contributed by atoms with van der Waals surface area (Å²) in [7, 11) is 0. The number of rotatable bonds is 2. The maximum Gasteiger partial charge on any atom is 0.250 e. The van der Waals surface area contributed by atoms with Crippen LogP contribution in [0.15, 0.2) is 72.4 Å². The second-order valence-electron chi connectivity index (χ2n) is 5.69. The van der Waals surface area contributed by atoms with Crippen molar-refractivity contribution in [3.8, 4) is 0 Å². The van der Waals surface area contributed by atoms with Gasteiger partial charge in [0.25, 0.3) is 5.91 Å². The molecule has 2 aliphatic heterocycles. The Bertz CT molecular complexity index is 876. The summed E-state index contributed by atoms with van der Waals surface area (Å²) in [4.78, 5) is 14.2. The predicted molar refractivity (Wildman–Crippen MR) is 92.7 cm³/mol. The van der Waals surface area contributed by atoms with Crippen molar-refractivity contribution < 1.29 is 4.79 Å². The smallest absolute Gasteiger partial charge is 0.250 e. The first-order valence-corrected chi connectivity index (χ1v) is 7.58. The molecule has 2 aromatic carbocycles. The Balaban J connectivity index is 1.92. The van der Waals surface area contributed by atoms with Crippen LogP contribution in [-0.4, -0.2) is 17.4 Å². The molecule has 0 saturated heterocycles. The van der Waals surface area contributed by atoms with Crippen LogP contribution in [0, 0.1) is 0 Å². The van der Waals surface area contributed by atoms with Crippen LogP contribution in [0.1, 0.15) is 16.7 Å². The van der Waals surface area contributed by atoms with Gasteiger partial charge in [-0.05, 0) is 28.9 Å². The average Bonchev–Trinajstić information content (AvgIpc) is 2.61. The fourth-order valence-electron chi connectivity index (χ4n) is 3.18. The molecule has 0 aliphatic carbocycles. The Morgan fingerprint density at radius 3 is 2.52 bits per heavy atom. The summed E-state index contributed by atoms with van der Waals surface area (Å²) >= 11 is 0. The monoisotopic (exact) mass is 300 g/mol. The van der Waals surface area contributed by atoms with E-state index in [-0.39, 0.29) is 0 Å². The number of benzene rings is 2. The van der Waals surface area contributed by atoms with Crippen molar-refractivity contribution in [3.05, 3.63) is 89.1 Å². The van der Waals surface area contributed by atoms with Crippen LogP contribution in [0.3, 0.4) is 0 Å². The Hall–Kier alpha value is -3.07. The maximum absolute atomic E-state index is 12.1. The first kappa shape index (κ1) is 13.6. The van der Waals surface area contributed by atoms with Crippen LogP contribution in [-0.2, 0) is 4.79 Å². The quantitative estimate of drug-likeness (QED) is 0.925. The van der Waals surface area contributed by atoms with Crippen LogP contribution in [0.2, 0.25) is 0 Å². The fourth-order valence-corrected chi connectivity index (χ4v) is 3.18. The lowest BCUT2D eigenvalue weighted by atomic mass is 9.90. The standard InChI is InChI=1S/C20H16N2O/c21-20(23)18-12-16(14-6-2-1-3-7-14)13-22-11-10-15-8-4-5-9-17(15)19(18)22/h1-12H,13H2,(H2,21,23). The van der Waals surface area contributed by atoms with Crippen LogP contribution in [0.4, 0.5) is 0 Å². The normalized spacial score (nSPS) is 15.8. The van der Waals surface area contributed by atoms with Gasteiger partial charge in [0.1, 0.15) is 0 Å². The summed E-state index contributed by atoms with van der Waals surface area (Å²) in [6, 6.07) is 18.2. The van der Waals surface area contributed by atoms with Gasteiger partial charge < -0.3 is 10.6 Å². The minimum atomic E-state index is -0.400. The van der Waals surface area contributed by atoms with E-state index in [1.807, 2.05) is 54.7 Å².